The number of hydrogen-bond donors (Lipinski definition) is 2. The Morgan fingerprint density at radius 2 is 2.56 bits per heavy atom. The van der Waals surface area contributed by atoms with Crippen LogP contribution in [0.25, 0.3) is 0 Å². The fourth-order valence-corrected chi connectivity index (χ4v) is 3.10. The molecule has 5 nitrogen and oxygen atoms in total. The number of rotatable bonds is 5. The van der Waals surface area contributed by atoms with E-state index in [1.807, 2.05) is 12.4 Å². The van der Waals surface area contributed by atoms with Crippen molar-refractivity contribution >= 4 is 17.3 Å². The molecule has 0 aliphatic carbocycles. The average molecular weight is 269 g/mol. The van der Waals surface area contributed by atoms with E-state index in [4.69, 9.17) is 5.11 Å². The van der Waals surface area contributed by atoms with Crippen LogP contribution in [-0.4, -0.2) is 47.6 Å². The summed E-state index contributed by atoms with van der Waals surface area (Å²) >= 11 is 1.21. The van der Waals surface area contributed by atoms with Gasteiger partial charge >= 0.3 is 5.97 Å². The highest BCUT2D eigenvalue weighted by atomic mass is 32.1. The topological polar surface area (TPSA) is 65.5 Å². The fraction of sp³-hybridized carbons (Fsp3) is 0.667. The van der Waals surface area contributed by atoms with E-state index in [9.17, 15) is 4.79 Å². The number of carboxylic acids is 1. The van der Waals surface area contributed by atoms with E-state index >= 15 is 0 Å². The number of aromatic carboxylic acids is 1. The SMILES string of the molecule is CNCC1CCCN(Cc2csc(C(=O)O)n2)C1. The van der Waals surface area contributed by atoms with Crippen LogP contribution in [0.1, 0.15) is 28.3 Å². The third-order valence-electron chi connectivity index (χ3n) is 3.22. The smallest absolute Gasteiger partial charge is 0.365 e. The molecule has 1 aliphatic rings. The molecule has 2 rings (SSSR count). The van der Waals surface area contributed by atoms with Crippen molar-refractivity contribution in [3.8, 4) is 0 Å². The van der Waals surface area contributed by atoms with E-state index in [0.29, 0.717) is 5.92 Å². The summed E-state index contributed by atoms with van der Waals surface area (Å²) in [4.78, 5) is 17.3. The van der Waals surface area contributed by atoms with Crippen LogP contribution >= 0.6 is 11.3 Å². The van der Waals surface area contributed by atoms with Crippen LogP contribution in [0.5, 0.6) is 0 Å². The molecule has 1 fully saturated rings. The predicted octanol–water partition coefficient (Wildman–Crippen LogP) is 1.27. The van der Waals surface area contributed by atoms with Crippen LogP contribution in [0.15, 0.2) is 5.38 Å². The normalized spacial score (nSPS) is 21.1. The zero-order chi connectivity index (χ0) is 13.0. The number of carboxylic acid groups (broad SMARTS) is 1. The predicted molar refractivity (Wildman–Crippen MR) is 71.0 cm³/mol. The summed E-state index contributed by atoms with van der Waals surface area (Å²) in [6.07, 6.45) is 2.48. The third kappa shape index (κ3) is 3.51. The van der Waals surface area contributed by atoms with Gasteiger partial charge in [0.05, 0.1) is 5.69 Å². The van der Waals surface area contributed by atoms with Gasteiger partial charge < -0.3 is 10.4 Å². The molecule has 2 heterocycles. The monoisotopic (exact) mass is 269 g/mol. The highest BCUT2D eigenvalue weighted by Crippen LogP contribution is 2.19. The lowest BCUT2D eigenvalue weighted by molar-refractivity contribution is 0.0696. The third-order valence-corrected chi connectivity index (χ3v) is 4.10. The van der Waals surface area contributed by atoms with Crippen LogP contribution in [-0.2, 0) is 6.54 Å². The van der Waals surface area contributed by atoms with Crippen molar-refractivity contribution in [2.45, 2.75) is 19.4 Å². The molecule has 1 aromatic rings. The van der Waals surface area contributed by atoms with Crippen molar-refractivity contribution in [1.82, 2.24) is 15.2 Å². The van der Waals surface area contributed by atoms with E-state index in [2.05, 4.69) is 15.2 Å². The van der Waals surface area contributed by atoms with Gasteiger partial charge in [-0.15, -0.1) is 11.3 Å². The Hall–Kier alpha value is -0.980. The molecule has 6 heteroatoms. The minimum Gasteiger partial charge on any atom is -0.476 e. The summed E-state index contributed by atoms with van der Waals surface area (Å²) in [5, 5.41) is 14.1. The molecule has 0 radical (unpaired) electrons. The highest BCUT2D eigenvalue weighted by molar-refractivity contribution is 7.11. The van der Waals surface area contributed by atoms with Gasteiger partial charge in [-0.05, 0) is 38.9 Å². The molecule has 0 saturated carbocycles. The molecular weight excluding hydrogens is 250 g/mol. The lowest BCUT2D eigenvalue weighted by Crippen LogP contribution is -2.38. The van der Waals surface area contributed by atoms with Crippen molar-refractivity contribution in [3.05, 3.63) is 16.1 Å². The van der Waals surface area contributed by atoms with Gasteiger partial charge in [0.25, 0.3) is 0 Å². The first-order valence-electron chi connectivity index (χ1n) is 6.23. The van der Waals surface area contributed by atoms with Crippen molar-refractivity contribution in [2.24, 2.45) is 5.92 Å². The van der Waals surface area contributed by atoms with Gasteiger partial charge in [-0.2, -0.15) is 0 Å². The summed E-state index contributed by atoms with van der Waals surface area (Å²) in [6.45, 7) is 3.97. The Balaban J connectivity index is 1.89. The molecule has 0 bridgehead atoms. The summed E-state index contributed by atoms with van der Waals surface area (Å²) in [5.74, 6) is -0.237. The number of nitrogens with one attached hydrogen (secondary N) is 1. The molecule has 1 aromatic heterocycles. The molecule has 1 unspecified atom stereocenters. The number of thiazole rings is 1. The van der Waals surface area contributed by atoms with Crippen LogP contribution in [0.3, 0.4) is 0 Å². The summed E-state index contributed by atoms with van der Waals surface area (Å²) < 4.78 is 0. The number of nitrogens with zero attached hydrogens (tertiary/aromatic N) is 2. The molecule has 18 heavy (non-hydrogen) atoms. The molecule has 1 aliphatic heterocycles. The van der Waals surface area contributed by atoms with Gasteiger partial charge in [0, 0.05) is 18.5 Å². The van der Waals surface area contributed by atoms with Crippen molar-refractivity contribution in [1.29, 1.82) is 0 Å². The molecule has 100 valence electrons. The number of piperidine rings is 1. The van der Waals surface area contributed by atoms with Gasteiger partial charge in [-0.3, -0.25) is 4.90 Å². The quantitative estimate of drug-likeness (QED) is 0.843. The average Bonchev–Trinajstić information content (AvgIpc) is 2.78. The van der Waals surface area contributed by atoms with E-state index in [0.717, 1.165) is 31.9 Å². The molecule has 0 spiro atoms. The Morgan fingerprint density at radius 1 is 1.72 bits per heavy atom. The van der Waals surface area contributed by atoms with Crippen molar-refractivity contribution < 1.29 is 9.90 Å². The van der Waals surface area contributed by atoms with E-state index in [1.54, 1.807) is 0 Å². The minimum absolute atomic E-state index is 0.189. The van der Waals surface area contributed by atoms with E-state index in [-0.39, 0.29) is 5.01 Å². The van der Waals surface area contributed by atoms with Gasteiger partial charge in [-0.1, -0.05) is 0 Å². The lowest BCUT2D eigenvalue weighted by atomic mass is 9.98. The molecule has 0 amide bonds. The first-order chi connectivity index (χ1) is 8.69. The number of carbonyl (C=O) groups is 1. The molecule has 2 N–H and O–H groups in total. The van der Waals surface area contributed by atoms with Gasteiger partial charge in [0.15, 0.2) is 0 Å². The first kappa shape index (κ1) is 13.5. The van der Waals surface area contributed by atoms with Crippen molar-refractivity contribution in [2.75, 3.05) is 26.7 Å². The summed E-state index contributed by atoms with van der Waals surface area (Å²) in [7, 11) is 1.98. The summed E-state index contributed by atoms with van der Waals surface area (Å²) in [5.41, 5.74) is 0.877. The second-order valence-corrected chi connectivity index (χ2v) is 5.61. The Morgan fingerprint density at radius 3 is 3.22 bits per heavy atom. The zero-order valence-corrected chi connectivity index (χ0v) is 11.4. The maximum atomic E-state index is 10.8. The van der Waals surface area contributed by atoms with Gasteiger partial charge in [0.2, 0.25) is 5.01 Å². The molecule has 1 saturated heterocycles. The lowest BCUT2D eigenvalue weighted by Gasteiger charge is -2.32. The maximum absolute atomic E-state index is 10.8. The summed E-state index contributed by atoms with van der Waals surface area (Å²) in [6, 6.07) is 0. The van der Waals surface area contributed by atoms with Crippen LogP contribution in [0.4, 0.5) is 0 Å². The maximum Gasteiger partial charge on any atom is 0.365 e. The second kappa shape index (κ2) is 6.26. The fourth-order valence-electron chi connectivity index (χ4n) is 2.46. The van der Waals surface area contributed by atoms with Crippen LogP contribution in [0, 0.1) is 5.92 Å². The molecular formula is C12H19N3O2S. The van der Waals surface area contributed by atoms with E-state index < -0.39 is 5.97 Å². The Kier molecular flexibility index (Phi) is 4.68. The van der Waals surface area contributed by atoms with Crippen LogP contribution < -0.4 is 5.32 Å². The number of hydrogen-bond acceptors (Lipinski definition) is 5. The molecule has 0 aromatic carbocycles. The Labute approximate surface area is 111 Å². The zero-order valence-electron chi connectivity index (χ0n) is 10.6. The first-order valence-corrected chi connectivity index (χ1v) is 7.11. The second-order valence-electron chi connectivity index (χ2n) is 4.75. The molecule has 1 atom stereocenters. The number of likely N-dealkylation sites (tertiary alicyclic amines) is 1. The van der Waals surface area contributed by atoms with Gasteiger partial charge in [0.1, 0.15) is 0 Å². The van der Waals surface area contributed by atoms with Crippen LogP contribution in [0.2, 0.25) is 0 Å². The van der Waals surface area contributed by atoms with Gasteiger partial charge in [-0.25, -0.2) is 9.78 Å². The highest BCUT2D eigenvalue weighted by Gasteiger charge is 2.20. The van der Waals surface area contributed by atoms with Crippen molar-refractivity contribution in [3.63, 3.8) is 0 Å². The number of aromatic nitrogens is 1. The minimum atomic E-state index is -0.932. The Bertz CT molecular complexity index is 406. The van der Waals surface area contributed by atoms with E-state index in [1.165, 1.54) is 24.2 Å². The standard InChI is InChI=1S/C12H19N3O2S/c1-13-5-9-3-2-4-15(6-9)7-10-8-18-11(14-10)12(16)17/h8-9,13H,2-7H2,1H3,(H,16,17). The largest absolute Gasteiger partial charge is 0.476 e.